The van der Waals surface area contributed by atoms with E-state index in [1.54, 1.807) is 6.20 Å². The predicted molar refractivity (Wildman–Crippen MR) is 69.7 cm³/mol. The van der Waals surface area contributed by atoms with Gasteiger partial charge in [0.1, 0.15) is 0 Å². The summed E-state index contributed by atoms with van der Waals surface area (Å²) in [6.45, 7) is 8.27. The van der Waals surface area contributed by atoms with E-state index in [1.165, 1.54) is 18.4 Å². The Balaban J connectivity index is 1.93. The lowest BCUT2D eigenvalue weighted by atomic mass is 9.76. The van der Waals surface area contributed by atoms with E-state index in [4.69, 9.17) is 9.31 Å². The van der Waals surface area contributed by atoms with Gasteiger partial charge in [-0.15, -0.1) is 0 Å². The molecule has 0 bridgehead atoms. The van der Waals surface area contributed by atoms with Gasteiger partial charge in [0.25, 0.3) is 0 Å². The van der Waals surface area contributed by atoms with Gasteiger partial charge < -0.3 is 9.31 Å². The average molecular weight is 246 g/mol. The lowest BCUT2D eigenvalue weighted by molar-refractivity contribution is 0.00578. The molecule has 2 aliphatic rings. The molecule has 96 valence electrons. The van der Waals surface area contributed by atoms with Crippen molar-refractivity contribution in [1.82, 2.24) is 10.2 Å². The molecule has 1 aromatic heterocycles. The van der Waals surface area contributed by atoms with Gasteiger partial charge in [0.05, 0.1) is 17.4 Å². The summed E-state index contributed by atoms with van der Waals surface area (Å²) in [6.07, 6.45) is 6.12. The maximum absolute atomic E-state index is 6.08. The van der Waals surface area contributed by atoms with Crippen molar-refractivity contribution in [2.45, 2.75) is 57.7 Å². The molecule has 0 amide bonds. The van der Waals surface area contributed by atoms with Gasteiger partial charge in [0.15, 0.2) is 0 Å². The Morgan fingerprint density at radius 1 is 1.06 bits per heavy atom. The molecule has 5 heteroatoms. The fraction of sp³-hybridized carbons (Fsp3) is 0.692. The van der Waals surface area contributed by atoms with Gasteiger partial charge in [-0.05, 0) is 52.0 Å². The van der Waals surface area contributed by atoms with E-state index >= 15 is 0 Å². The van der Waals surface area contributed by atoms with Crippen molar-refractivity contribution in [2.24, 2.45) is 0 Å². The zero-order chi connectivity index (χ0) is 13.0. The van der Waals surface area contributed by atoms with Crippen LogP contribution in [0.1, 0.15) is 52.0 Å². The molecule has 0 atom stereocenters. The minimum atomic E-state index is -0.318. The topological polar surface area (TPSA) is 44.2 Å². The smallest absolute Gasteiger partial charge is 0.399 e. The van der Waals surface area contributed by atoms with Crippen molar-refractivity contribution in [3.05, 3.63) is 18.0 Å². The Bertz CT molecular complexity index is 456. The van der Waals surface area contributed by atoms with Crippen LogP contribution in [-0.2, 0) is 9.31 Å². The van der Waals surface area contributed by atoms with Crippen molar-refractivity contribution in [2.75, 3.05) is 0 Å². The van der Waals surface area contributed by atoms with Crippen LogP contribution in [-0.4, -0.2) is 28.5 Å². The Hall–Kier alpha value is -0.935. The molecule has 1 saturated carbocycles. The van der Waals surface area contributed by atoms with E-state index < -0.39 is 0 Å². The highest BCUT2D eigenvalue weighted by atomic mass is 16.7. The molecule has 1 aliphatic heterocycles. The summed E-state index contributed by atoms with van der Waals surface area (Å²) in [7, 11) is -0.318. The van der Waals surface area contributed by atoms with Crippen LogP contribution in [0.5, 0.6) is 0 Å². The summed E-state index contributed by atoms with van der Waals surface area (Å²) in [5, 5.41) is 7.98. The third-order valence-corrected chi connectivity index (χ3v) is 4.32. The van der Waals surface area contributed by atoms with Crippen LogP contribution >= 0.6 is 0 Å². The van der Waals surface area contributed by atoms with Crippen LogP contribution in [0.4, 0.5) is 0 Å². The van der Waals surface area contributed by atoms with Crippen molar-refractivity contribution in [1.29, 1.82) is 0 Å². The molecule has 4 nitrogen and oxygen atoms in total. The number of aromatic nitrogens is 2. The molecule has 18 heavy (non-hydrogen) atoms. The van der Waals surface area contributed by atoms with Gasteiger partial charge in [-0.3, -0.25) is 0 Å². The zero-order valence-electron chi connectivity index (χ0n) is 11.4. The van der Waals surface area contributed by atoms with Gasteiger partial charge in [-0.25, -0.2) is 0 Å². The van der Waals surface area contributed by atoms with E-state index in [-0.39, 0.29) is 18.3 Å². The molecule has 2 heterocycles. The molecule has 0 aromatic carbocycles. The summed E-state index contributed by atoms with van der Waals surface area (Å²) < 4.78 is 12.2. The van der Waals surface area contributed by atoms with Crippen molar-refractivity contribution in [3.8, 4) is 0 Å². The van der Waals surface area contributed by atoms with E-state index in [0.717, 1.165) is 5.46 Å². The number of hydrogen-bond donors (Lipinski definition) is 0. The Morgan fingerprint density at radius 3 is 2.17 bits per heavy atom. The summed E-state index contributed by atoms with van der Waals surface area (Å²) in [5.74, 6) is 0.620. The first-order valence-corrected chi connectivity index (χ1v) is 6.57. The first-order valence-electron chi connectivity index (χ1n) is 6.57. The fourth-order valence-corrected chi connectivity index (χ4v) is 2.24. The molecule has 0 unspecified atom stereocenters. The Kier molecular flexibility index (Phi) is 2.54. The minimum absolute atomic E-state index is 0.304. The van der Waals surface area contributed by atoms with Gasteiger partial charge in [-0.1, -0.05) is 0 Å². The van der Waals surface area contributed by atoms with E-state index in [1.807, 2.05) is 6.20 Å². The molecule has 1 saturated heterocycles. The predicted octanol–water partition coefficient (Wildman–Crippen LogP) is 1.65. The highest BCUT2D eigenvalue weighted by Gasteiger charge is 2.52. The van der Waals surface area contributed by atoms with Crippen molar-refractivity contribution < 1.29 is 9.31 Å². The lowest BCUT2D eigenvalue weighted by Crippen LogP contribution is -2.41. The van der Waals surface area contributed by atoms with Crippen LogP contribution < -0.4 is 5.46 Å². The highest BCUT2D eigenvalue weighted by molar-refractivity contribution is 6.62. The van der Waals surface area contributed by atoms with Crippen LogP contribution in [0.25, 0.3) is 0 Å². The minimum Gasteiger partial charge on any atom is -0.399 e. The summed E-state index contributed by atoms with van der Waals surface area (Å²) in [4.78, 5) is 0. The first-order chi connectivity index (χ1) is 8.41. The maximum atomic E-state index is 6.08. The quantitative estimate of drug-likeness (QED) is 0.744. The summed E-state index contributed by atoms with van der Waals surface area (Å²) >= 11 is 0. The molecule has 0 N–H and O–H groups in total. The second-order valence-corrected chi connectivity index (χ2v) is 6.26. The summed E-state index contributed by atoms with van der Waals surface area (Å²) in [6, 6.07) is 0. The molecule has 1 aromatic rings. The molecule has 0 radical (unpaired) electrons. The van der Waals surface area contributed by atoms with E-state index in [2.05, 4.69) is 37.9 Å². The lowest BCUT2D eigenvalue weighted by Gasteiger charge is -2.32. The van der Waals surface area contributed by atoms with Crippen LogP contribution in [0.15, 0.2) is 12.4 Å². The van der Waals surface area contributed by atoms with Crippen LogP contribution in [0.3, 0.4) is 0 Å². The molecule has 2 fully saturated rings. The number of rotatable bonds is 2. The first kappa shape index (κ1) is 12.1. The van der Waals surface area contributed by atoms with E-state index in [9.17, 15) is 0 Å². The zero-order valence-corrected chi connectivity index (χ0v) is 11.4. The van der Waals surface area contributed by atoms with Crippen molar-refractivity contribution in [3.63, 3.8) is 0 Å². The second kappa shape index (κ2) is 3.78. The molecular weight excluding hydrogens is 227 g/mol. The van der Waals surface area contributed by atoms with Gasteiger partial charge in [-0.2, -0.15) is 10.2 Å². The van der Waals surface area contributed by atoms with Crippen LogP contribution in [0.2, 0.25) is 0 Å². The summed E-state index contributed by atoms with van der Waals surface area (Å²) in [5.41, 5.74) is 1.68. The molecule has 3 rings (SSSR count). The normalized spacial score (nSPS) is 25.4. The standard InChI is InChI=1S/C13H19BN2O2/c1-12(2)13(3,4)18-14(17-12)11-8-16-15-7-10(11)9-5-6-9/h7-9H,5-6H2,1-4H3. The van der Waals surface area contributed by atoms with Crippen LogP contribution in [0, 0.1) is 0 Å². The molecule has 1 aliphatic carbocycles. The van der Waals surface area contributed by atoms with E-state index in [0.29, 0.717) is 5.92 Å². The van der Waals surface area contributed by atoms with Crippen molar-refractivity contribution >= 4 is 12.6 Å². The molecular formula is C13H19BN2O2. The Morgan fingerprint density at radius 2 is 1.61 bits per heavy atom. The second-order valence-electron chi connectivity index (χ2n) is 6.26. The van der Waals surface area contributed by atoms with Gasteiger partial charge in [0, 0.05) is 11.7 Å². The van der Waals surface area contributed by atoms with Gasteiger partial charge >= 0.3 is 7.12 Å². The average Bonchev–Trinajstić information content (AvgIpc) is 3.08. The molecule has 0 spiro atoms. The largest absolute Gasteiger partial charge is 0.496 e. The monoisotopic (exact) mass is 246 g/mol. The third kappa shape index (κ3) is 1.86. The number of hydrogen-bond acceptors (Lipinski definition) is 4. The van der Waals surface area contributed by atoms with Gasteiger partial charge in [0.2, 0.25) is 0 Å². The highest BCUT2D eigenvalue weighted by Crippen LogP contribution is 2.41. The third-order valence-electron chi connectivity index (χ3n) is 4.32. The number of nitrogens with zero attached hydrogens (tertiary/aromatic N) is 2. The Labute approximate surface area is 108 Å². The SMILES string of the molecule is CC1(C)OB(c2cnncc2C2CC2)OC1(C)C. The fourth-order valence-electron chi connectivity index (χ4n) is 2.24. The maximum Gasteiger partial charge on any atom is 0.496 e.